The van der Waals surface area contributed by atoms with Crippen molar-refractivity contribution < 1.29 is 0 Å². The van der Waals surface area contributed by atoms with Gasteiger partial charge in [0.2, 0.25) is 0 Å². The minimum absolute atomic E-state index is 0.631. The van der Waals surface area contributed by atoms with Gasteiger partial charge in [-0.15, -0.1) is 0 Å². The highest BCUT2D eigenvalue weighted by Gasteiger charge is 2.19. The summed E-state index contributed by atoms with van der Waals surface area (Å²) in [7, 11) is 4.54. The fourth-order valence-electron chi connectivity index (χ4n) is 2.67. The highest BCUT2D eigenvalue weighted by Crippen LogP contribution is 2.14. The first-order valence-corrected chi connectivity index (χ1v) is 7.71. The minimum atomic E-state index is 0.631. The molecule has 0 saturated carbocycles. The molecule has 0 bridgehead atoms. The lowest BCUT2D eigenvalue weighted by atomic mass is 10.0. The Morgan fingerprint density at radius 2 is 1.83 bits per heavy atom. The summed E-state index contributed by atoms with van der Waals surface area (Å²) in [6, 6.07) is 1.46. The molecule has 0 atom stereocenters. The number of unbranched alkanes of at least 4 members (excludes halogenated alkanes) is 2. The van der Waals surface area contributed by atoms with Crippen LogP contribution in [-0.4, -0.2) is 62.2 Å². The van der Waals surface area contributed by atoms with Crippen LogP contribution in [0.25, 0.3) is 0 Å². The Kier molecular flexibility index (Phi) is 7.87. The van der Waals surface area contributed by atoms with Gasteiger partial charge >= 0.3 is 0 Å². The Morgan fingerprint density at radius 1 is 1.17 bits per heavy atom. The monoisotopic (exact) mass is 255 g/mol. The van der Waals surface area contributed by atoms with Crippen LogP contribution in [0, 0.1) is 0 Å². The number of nitrogens with zero attached hydrogens (tertiary/aromatic N) is 2. The van der Waals surface area contributed by atoms with Crippen LogP contribution in [0.1, 0.15) is 46.0 Å². The molecular formula is C15H33N3. The summed E-state index contributed by atoms with van der Waals surface area (Å²) in [4.78, 5) is 5.03. The van der Waals surface area contributed by atoms with Crippen LogP contribution in [0.2, 0.25) is 0 Å². The quantitative estimate of drug-likeness (QED) is 0.671. The molecule has 0 spiro atoms. The van der Waals surface area contributed by atoms with Crippen LogP contribution in [0.3, 0.4) is 0 Å². The zero-order valence-corrected chi connectivity index (χ0v) is 12.9. The predicted molar refractivity (Wildman–Crippen MR) is 80.1 cm³/mol. The van der Waals surface area contributed by atoms with Crippen molar-refractivity contribution in [3.63, 3.8) is 0 Å². The number of hydrogen-bond donors (Lipinski definition) is 1. The van der Waals surface area contributed by atoms with Crippen LogP contribution < -0.4 is 5.32 Å². The molecule has 0 aromatic rings. The number of hydrogen-bond acceptors (Lipinski definition) is 3. The Labute approximate surface area is 114 Å². The van der Waals surface area contributed by atoms with Crippen molar-refractivity contribution in [1.29, 1.82) is 0 Å². The maximum atomic E-state index is 3.48. The molecule has 3 nitrogen and oxygen atoms in total. The van der Waals surface area contributed by atoms with Gasteiger partial charge in [-0.25, -0.2) is 0 Å². The first kappa shape index (κ1) is 15.9. The molecule has 3 heteroatoms. The number of likely N-dealkylation sites (tertiary alicyclic amines) is 1. The molecule has 1 N–H and O–H groups in total. The third kappa shape index (κ3) is 6.72. The lowest BCUT2D eigenvalue weighted by molar-refractivity contribution is 0.142. The summed E-state index contributed by atoms with van der Waals surface area (Å²) in [6.07, 6.45) is 6.72. The Balaban J connectivity index is 1.98. The average Bonchev–Trinajstić information content (AvgIpc) is 2.34. The second-order valence-corrected chi connectivity index (χ2v) is 6.18. The standard InChI is InChI=1S/C15H33N3/c1-14(2)16-10-6-5-7-11-18(4)15-8-12-17(3)13-9-15/h14-16H,5-13H2,1-4H3. The molecule has 1 rings (SSSR count). The SMILES string of the molecule is CC(C)NCCCCCN(C)C1CCN(C)CC1. The average molecular weight is 255 g/mol. The normalized spacial score (nSPS) is 19.0. The van der Waals surface area contributed by atoms with Crippen molar-refractivity contribution in [3.8, 4) is 0 Å². The molecule has 1 saturated heterocycles. The summed E-state index contributed by atoms with van der Waals surface area (Å²) >= 11 is 0. The molecule has 1 fully saturated rings. The van der Waals surface area contributed by atoms with Crippen molar-refractivity contribution in [1.82, 2.24) is 15.1 Å². The van der Waals surface area contributed by atoms with Crippen molar-refractivity contribution >= 4 is 0 Å². The lowest BCUT2D eigenvalue weighted by Crippen LogP contribution is -2.42. The largest absolute Gasteiger partial charge is 0.315 e. The van der Waals surface area contributed by atoms with Crippen molar-refractivity contribution in [2.75, 3.05) is 40.3 Å². The Bertz CT molecular complexity index is 198. The molecule has 108 valence electrons. The number of piperidine rings is 1. The van der Waals surface area contributed by atoms with Crippen molar-refractivity contribution in [3.05, 3.63) is 0 Å². The highest BCUT2D eigenvalue weighted by molar-refractivity contribution is 4.76. The molecule has 1 aliphatic rings. The van der Waals surface area contributed by atoms with Gasteiger partial charge in [0, 0.05) is 12.1 Å². The predicted octanol–water partition coefficient (Wildman–Crippen LogP) is 2.18. The number of rotatable bonds is 8. The molecule has 0 amide bonds. The van der Waals surface area contributed by atoms with Crippen LogP contribution in [0.15, 0.2) is 0 Å². The second kappa shape index (κ2) is 8.89. The van der Waals surface area contributed by atoms with Gasteiger partial charge in [-0.2, -0.15) is 0 Å². The first-order valence-electron chi connectivity index (χ1n) is 7.71. The smallest absolute Gasteiger partial charge is 0.0117 e. The lowest BCUT2D eigenvalue weighted by Gasteiger charge is -2.35. The molecule has 18 heavy (non-hydrogen) atoms. The second-order valence-electron chi connectivity index (χ2n) is 6.18. The van der Waals surface area contributed by atoms with E-state index in [0.29, 0.717) is 6.04 Å². The highest BCUT2D eigenvalue weighted by atomic mass is 15.2. The van der Waals surface area contributed by atoms with E-state index in [0.717, 1.165) is 6.04 Å². The van der Waals surface area contributed by atoms with E-state index in [-0.39, 0.29) is 0 Å². The fourth-order valence-corrected chi connectivity index (χ4v) is 2.67. The third-order valence-electron chi connectivity index (χ3n) is 4.05. The van der Waals surface area contributed by atoms with E-state index in [2.05, 4.69) is 43.1 Å². The molecule has 0 aliphatic carbocycles. The van der Waals surface area contributed by atoms with Gasteiger partial charge in [-0.05, 0) is 66.0 Å². The Morgan fingerprint density at radius 3 is 2.44 bits per heavy atom. The van der Waals surface area contributed by atoms with E-state index in [9.17, 15) is 0 Å². The van der Waals surface area contributed by atoms with E-state index in [1.807, 2.05) is 0 Å². The van der Waals surface area contributed by atoms with Crippen LogP contribution >= 0.6 is 0 Å². The van der Waals surface area contributed by atoms with E-state index >= 15 is 0 Å². The molecule has 1 heterocycles. The number of nitrogens with one attached hydrogen (secondary N) is 1. The topological polar surface area (TPSA) is 18.5 Å². The summed E-state index contributed by atoms with van der Waals surface area (Å²) in [5.74, 6) is 0. The van der Waals surface area contributed by atoms with Gasteiger partial charge in [-0.3, -0.25) is 0 Å². The van der Waals surface area contributed by atoms with Crippen LogP contribution in [0.5, 0.6) is 0 Å². The van der Waals surface area contributed by atoms with E-state index in [1.165, 1.54) is 58.3 Å². The maximum Gasteiger partial charge on any atom is 0.0117 e. The van der Waals surface area contributed by atoms with Gasteiger partial charge in [0.1, 0.15) is 0 Å². The van der Waals surface area contributed by atoms with Crippen LogP contribution in [0.4, 0.5) is 0 Å². The van der Waals surface area contributed by atoms with Gasteiger partial charge in [0.25, 0.3) is 0 Å². The third-order valence-corrected chi connectivity index (χ3v) is 4.05. The first-order chi connectivity index (χ1) is 8.59. The van der Waals surface area contributed by atoms with Gasteiger partial charge in [0.15, 0.2) is 0 Å². The summed E-state index contributed by atoms with van der Waals surface area (Å²) < 4.78 is 0. The zero-order chi connectivity index (χ0) is 13.4. The van der Waals surface area contributed by atoms with E-state index < -0.39 is 0 Å². The Hall–Kier alpha value is -0.120. The molecular weight excluding hydrogens is 222 g/mol. The van der Waals surface area contributed by atoms with E-state index in [4.69, 9.17) is 0 Å². The molecule has 0 aromatic heterocycles. The molecule has 0 unspecified atom stereocenters. The molecule has 0 aromatic carbocycles. The van der Waals surface area contributed by atoms with Crippen molar-refractivity contribution in [2.45, 2.75) is 58.0 Å². The fraction of sp³-hybridized carbons (Fsp3) is 1.00. The zero-order valence-electron chi connectivity index (χ0n) is 12.9. The van der Waals surface area contributed by atoms with Gasteiger partial charge in [-0.1, -0.05) is 20.3 Å². The summed E-state index contributed by atoms with van der Waals surface area (Å²) in [5.41, 5.74) is 0. The molecule has 0 radical (unpaired) electrons. The van der Waals surface area contributed by atoms with Gasteiger partial charge < -0.3 is 15.1 Å². The van der Waals surface area contributed by atoms with Crippen molar-refractivity contribution in [2.24, 2.45) is 0 Å². The van der Waals surface area contributed by atoms with E-state index in [1.54, 1.807) is 0 Å². The summed E-state index contributed by atoms with van der Waals surface area (Å²) in [5, 5.41) is 3.48. The summed E-state index contributed by atoms with van der Waals surface area (Å²) in [6.45, 7) is 9.42. The minimum Gasteiger partial charge on any atom is -0.315 e. The molecule has 1 aliphatic heterocycles. The van der Waals surface area contributed by atoms with Gasteiger partial charge in [0.05, 0.1) is 0 Å². The maximum absolute atomic E-state index is 3.48. The van der Waals surface area contributed by atoms with Crippen LogP contribution in [-0.2, 0) is 0 Å².